The summed E-state index contributed by atoms with van der Waals surface area (Å²) in [5.41, 5.74) is 2.46. The van der Waals surface area contributed by atoms with E-state index in [4.69, 9.17) is 4.98 Å². The first-order chi connectivity index (χ1) is 16.3. The summed E-state index contributed by atoms with van der Waals surface area (Å²) in [4.78, 5) is 13.6. The van der Waals surface area contributed by atoms with Crippen LogP contribution < -0.4 is 0 Å². The molecule has 34 heavy (non-hydrogen) atoms. The predicted molar refractivity (Wildman–Crippen MR) is 123 cm³/mol. The molecular formula is C25H25F2N7. The molecule has 3 heterocycles. The first-order valence-corrected chi connectivity index (χ1v) is 11.3. The summed E-state index contributed by atoms with van der Waals surface area (Å²) in [6.45, 7) is 8.18. The number of benzene rings is 1. The molecule has 1 N–H and O–H groups in total. The van der Waals surface area contributed by atoms with Gasteiger partial charge in [0, 0.05) is 6.20 Å². The molecule has 0 bridgehead atoms. The van der Waals surface area contributed by atoms with Gasteiger partial charge in [0.2, 0.25) is 5.82 Å². The summed E-state index contributed by atoms with van der Waals surface area (Å²) < 4.78 is 29.0. The molecule has 3 aromatic heterocycles. The van der Waals surface area contributed by atoms with E-state index in [1.165, 1.54) is 18.2 Å². The van der Waals surface area contributed by atoms with Crippen molar-refractivity contribution in [2.75, 3.05) is 0 Å². The summed E-state index contributed by atoms with van der Waals surface area (Å²) in [5.74, 6) is 0.347. The maximum absolute atomic E-state index is 14.5. The SMILES string of the molecule is Cc1nc(-c2cncc([C@@]3(C)CC[C@H](C(C)C)c4cc(-c5c(F)cccc5F)nnc43)n2)n[nH]1. The third-order valence-electron chi connectivity index (χ3n) is 6.75. The minimum Gasteiger partial charge on any atom is -0.263 e. The zero-order valence-electron chi connectivity index (χ0n) is 19.5. The van der Waals surface area contributed by atoms with Gasteiger partial charge in [-0.25, -0.2) is 18.7 Å². The van der Waals surface area contributed by atoms with Gasteiger partial charge in [0.05, 0.1) is 34.3 Å². The number of fused-ring (bicyclic) bond motifs is 1. The van der Waals surface area contributed by atoms with Gasteiger partial charge >= 0.3 is 0 Å². The summed E-state index contributed by atoms with van der Waals surface area (Å²) in [7, 11) is 0. The van der Waals surface area contributed by atoms with E-state index in [0.717, 1.165) is 29.8 Å². The highest BCUT2D eigenvalue weighted by molar-refractivity contribution is 5.62. The normalized spacial score (nSPS) is 19.9. The van der Waals surface area contributed by atoms with E-state index in [-0.39, 0.29) is 17.2 Å². The number of nitrogens with one attached hydrogen (secondary N) is 1. The molecule has 1 aliphatic rings. The number of hydrogen-bond donors (Lipinski definition) is 1. The first-order valence-electron chi connectivity index (χ1n) is 11.3. The van der Waals surface area contributed by atoms with Gasteiger partial charge in [-0.1, -0.05) is 19.9 Å². The van der Waals surface area contributed by atoms with Gasteiger partial charge in [0.1, 0.15) is 23.2 Å². The van der Waals surface area contributed by atoms with Crippen LogP contribution in [0.3, 0.4) is 0 Å². The van der Waals surface area contributed by atoms with Crippen LogP contribution in [0, 0.1) is 24.5 Å². The molecule has 0 aliphatic heterocycles. The maximum atomic E-state index is 14.5. The first kappa shape index (κ1) is 22.2. The highest BCUT2D eigenvalue weighted by Crippen LogP contribution is 2.48. The fourth-order valence-electron chi connectivity index (χ4n) is 4.84. The Kier molecular flexibility index (Phi) is 5.42. The average Bonchev–Trinajstić information content (AvgIpc) is 3.25. The Morgan fingerprint density at radius 1 is 1.06 bits per heavy atom. The van der Waals surface area contributed by atoms with Crippen molar-refractivity contribution in [3.05, 3.63) is 71.1 Å². The summed E-state index contributed by atoms with van der Waals surface area (Å²) in [6, 6.07) is 5.60. The topological polar surface area (TPSA) is 93.1 Å². The molecule has 2 atom stereocenters. The average molecular weight is 462 g/mol. The fourth-order valence-corrected chi connectivity index (χ4v) is 4.84. The molecule has 0 saturated carbocycles. The van der Waals surface area contributed by atoms with Crippen LogP contribution in [0.2, 0.25) is 0 Å². The van der Waals surface area contributed by atoms with Crippen LogP contribution in [0.15, 0.2) is 36.7 Å². The van der Waals surface area contributed by atoms with Crippen molar-refractivity contribution in [3.63, 3.8) is 0 Å². The highest BCUT2D eigenvalue weighted by atomic mass is 19.1. The number of aromatic nitrogens is 7. The monoisotopic (exact) mass is 461 g/mol. The molecule has 0 unspecified atom stereocenters. The Bertz CT molecular complexity index is 1350. The Balaban J connectivity index is 1.65. The molecular weight excluding hydrogens is 436 g/mol. The van der Waals surface area contributed by atoms with Gasteiger partial charge in [0.25, 0.3) is 0 Å². The van der Waals surface area contributed by atoms with E-state index < -0.39 is 17.0 Å². The molecule has 0 spiro atoms. The van der Waals surface area contributed by atoms with E-state index in [2.05, 4.69) is 51.1 Å². The number of halogens is 2. The van der Waals surface area contributed by atoms with Crippen molar-refractivity contribution in [2.45, 2.75) is 51.9 Å². The molecule has 0 amide bonds. The molecule has 7 nitrogen and oxygen atoms in total. The van der Waals surface area contributed by atoms with Crippen molar-refractivity contribution in [3.8, 4) is 22.8 Å². The number of aryl methyl sites for hydroxylation is 1. The molecule has 5 rings (SSSR count). The minimum absolute atomic E-state index is 0.158. The van der Waals surface area contributed by atoms with E-state index in [0.29, 0.717) is 23.3 Å². The Hall–Kier alpha value is -3.62. The molecule has 0 radical (unpaired) electrons. The largest absolute Gasteiger partial charge is 0.263 e. The Morgan fingerprint density at radius 2 is 1.82 bits per heavy atom. The zero-order valence-corrected chi connectivity index (χ0v) is 19.5. The second-order valence-electron chi connectivity index (χ2n) is 9.39. The molecule has 1 aliphatic carbocycles. The second-order valence-corrected chi connectivity index (χ2v) is 9.39. The minimum atomic E-state index is -0.658. The number of hydrogen-bond acceptors (Lipinski definition) is 6. The molecule has 0 saturated heterocycles. The standard InChI is InChI=1S/C25H25F2N7/c1-13(2)15-8-9-25(4,21-12-28-11-20(30-21)24-29-14(3)31-34-24)23-16(15)10-19(32-33-23)22-17(26)6-5-7-18(22)27/h5-7,10-13,15H,8-9H2,1-4H3,(H,29,31,34)/t15-,25-/m1/s1. The third-order valence-corrected chi connectivity index (χ3v) is 6.75. The van der Waals surface area contributed by atoms with Crippen molar-refractivity contribution in [2.24, 2.45) is 5.92 Å². The van der Waals surface area contributed by atoms with Crippen LogP contribution in [0.1, 0.15) is 62.3 Å². The zero-order chi connectivity index (χ0) is 24.0. The van der Waals surface area contributed by atoms with Gasteiger partial charge in [-0.05, 0) is 62.3 Å². The van der Waals surface area contributed by atoms with Crippen LogP contribution in [0.25, 0.3) is 22.8 Å². The molecule has 174 valence electrons. The van der Waals surface area contributed by atoms with Gasteiger partial charge in [-0.2, -0.15) is 10.2 Å². The van der Waals surface area contributed by atoms with Crippen LogP contribution in [-0.4, -0.2) is 35.3 Å². The van der Waals surface area contributed by atoms with E-state index in [1.807, 2.05) is 6.92 Å². The maximum Gasteiger partial charge on any atom is 0.201 e. The molecule has 4 aromatic rings. The molecule has 1 aromatic carbocycles. The smallest absolute Gasteiger partial charge is 0.201 e. The lowest BCUT2D eigenvalue weighted by atomic mass is 9.66. The lowest BCUT2D eigenvalue weighted by molar-refractivity contribution is 0.347. The summed E-state index contributed by atoms with van der Waals surface area (Å²) >= 11 is 0. The van der Waals surface area contributed by atoms with Gasteiger partial charge in [-0.3, -0.25) is 10.1 Å². The van der Waals surface area contributed by atoms with E-state index >= 15 is 0 Å². The highest BCUT2D eigenvalue weighted by Gasteiger charge is 2.42. The fraction of sp³-hybridized carbons (Fsp3) is 0.360. The second kappa shape index (κ2) is 8.30. The van der Waals surface area contributed by atoms with Gasteiger partial charge in [-0.15, -0.1) is 5.10 Å². The van der Waals surface area contributed by atoms with Gasteiger partial charge in [0.15, 0.2) is 0 Å². The van der Waals surface area contributed by atoms with Crippen LogP contribution in [0.4, 0.5) is 8.78 Å². The number of rotatable bonds is 4. The molecule has 9 heteroatoms. The van der Waals surface area contributed by atoms with Crippen molar-refractivity contribution in [1.29, 1.82) is 0 Å². The summed E-state index contributed by atoms with van der Waals surface area (Å²) in [6.07, 6.45) is 5.02. The van der Waals surface area contributed by atoms with E-state index in [1.54, 1.807) is 18.5 Å². The van der Waals surface area contributed by atoms with Crippen LogP contribution in [0.5, 0.6) is 0 Å². The van der Waals surface area contributed by atoms with Gasteiger partial charge < -0.3 is 0 Å². The van der Waals surface area contributed by atoms with Crippen LogP contribution >= 0.6 is 0 Å². The van der Waals surface area contributed by atoms with Crippen LogP contribution in [-0.2, 0) is 5.41 Å². The molecule has 0 fully saturated rings. The summed E-state index contributed by atoms with van der Waals surface area (Å²) in [5, 5.41) is 15.9. The lowest BCUT2D eigenvalue weighted by Crippen LogP contribution is -2.34. The quantitative estimate of drug-likeness (QED) is 0.452. The van der Waals surface area contributed by atoms with Crippen molar-refractivity contribution < 1.29 is 8.78 Å². The number of H-pyrrole nitrogens is 1. The van der Waals surface area contributed by atoms with E-state index in [9.17, 15) is 8.78 Å². The number of aromatic amines is 1. The van der Waals surface area contributed by atoms with Crippen molar-refractivity contribution >= 4 is 0 Å². The predicted octanol–water partition coefficient (Wildman–Crippen LogP) is 5.14. The number of nitrogens with zero attached hydrogens (tertiary/aromatic N) is 6. The Labute approximate surface area is 196 Å². The third kappa shape index (κ3) is 3.65. The van der Waals surface area contributed by atoms with Crippen molar-refractivity contribution in [1.82, 2.24) is 35.3 Å². The lowest BCUT2D eigenvalue weighted by Gasteiger charge is -2.39. The Morgan fingerprint density at radius 3 is 2.50 bits per heavy atom.